The third-order valence-electron chi connectivity index (χ3n) is 1.01. The van der Waals surface area contributed by atoms with Crippen LogP contribution in [0.1, 0.15) is 6.42 Å². The molecule has 0 amide bonds. The molecule has 9 N–H and O–H groups in total. The van der Waals surface area contributed by atoms with Crippen molar-refractivity contribution in [1.82, 2.24) is 0 Å². The van der Waals surface area contributed by atoms with Gasteiger partial charge in [-0.05, 0) is 5.16 Å². The summed E-state index contributed by atoms with van der Waals surface area (Å²) in [5.41, 5.74) is 15.0. The van der Waals surface area contributed by atoms with Gasteiger partial charge in [-0.15, -0.1) is 0 Å². The Morgan fingerprint density at radius 3 is 2.06 bits per heavy atom. The van der Waals surface area contributed by atoms with Crippen molar-refractivity contribution in [3.8, 4) is 0 Å². The van der Waals surface area contributed by atoms with Crippen molar-refractivity contribution < 1.29 is 32.3 Å². The molecule has 12 heteroatoms. The van der Waals surface area contributed by atoms with E-state index in [4.69, 9.17) is 39.8 Å². The predicted octanol–water partition coefficient (Wildman–Crippen LogP) is -2.66. The Bertz CT molecular complexity index is 341. The number of oxime groups is 1. The average Bonchev–Trinajstić information content (AvgIpc) is 2.08. The highest BCUT2D eigenvalue weighted by atomic mass is 32.3. The van der Waals surface area contributed by atoms with Crippen LogP contribution in [0.2, 0.25) is 0 Å². The third kappa shape index (κ3) is 25.0. The molecule has 0 rings (SSSR count). The van der Waals surface area contributed by atoms with Gasteiger partial charge in [-0.1, -0.05) is 0 Å². The van der Waals surface area contributed by atoms with Gasteiger partial charge in [-0.2, -0.15) is 8.42 Å². The first-order chi connectivity index (χ1) is 7.54. The number of hydrogen-bond donors (Lipinski definition) is 6. The number of nitrogens with zero attached hydrogens (tertiary/aromatic N) is 1. The Balaban J connectivity index is 0. The molecule has 0 radical (unpaired) electrons. The van der Waals surface area contributed by atoms with E-state index in [1.807, 2.05) is 0 Å². The molecule has 0 bridgehead atoms. The summed E-state index contributed by atoms with van der Waals surface area (Å²) in [7, 11) is -4.67. The van der Waals surface area contributed by atoms with Crippen LogP contribution in [-0.4, -0.2) is 47.2 Å². The van der Waals surface area contributed by atoms with Gasteiger partial charge in [0.15, 0.2) is 0 Å². The van der Waals surface area contributed by atoms with Crippen molar-refractivity contribution in [1.29, 1.82) is 0 Å². The van der Waals surface area contributed by atoms with E-state index in [0.717, 1.165) is 0 Å². The van der Waals surface area contributed by atoms with Gasteiger partial charge in [0, 0.05) is 6.42 Å². The average molecular weight is 274 g/mol. The highest BCUT2D eigenvalue weighted by Gasteiger charge is 2.10. The summed E-state index contributed by atoms with van der Waals surface area (Å²) in [6.07, 6.45) is 0.159. The molecule has 0 aromatic carbocycles. The summed E-state index contributed by atoms with van der Waals surface area (Å²) >= 11 is 0. The Morgan fingerprint density at radius 2 is 1.76 bits per heavy atom. The van der Waals surface area contributed by atoms with Crippen LogP contribution >= 0.6 is 0 Å². The second-order valence-corrected chi connectivity index (χ2v) is 3.43. The van der Waals surface area contributed by atoms with Gasteiger partial charge in [0.1, 0.15) is 12.6 Å². The van der Waals surface area contributed by atoms with Crippen LogP contribution in [0, 0.1) is 0 Å². The first kappa shape index (κ1) is 17.8. The molecule has 0 aromatic heterocycles. The maximum absolute atomic E-state index is 10.2. The summed E-state index contributed by atoms with van der Waals surface area (Å²) in [5, 5.41) is 11.5. The Kier molecular flexibility index (Phi) is 8.89. The van der Waals surface area contributed by atoms with Crippen molar-refractivity contribution in [2.24, 2.45) is 22.4 Å². The molecule has 1 atom stereocenters. The molecule has 0 aliphatic rings. The van der Waals surface area contributed by atoms with Crippen molar-refractivity contribution in [3.63, 3.8) is 0 Å². The van der Waals surface area contributed by atoms with Crippen LogP contribution in [0.25, 0.3) is 0 Å². The highest BCUT2D eigenvalue weighted by molar-refractivity contribution is 7.79. The minimum atomic E-state index is -4.67. The lowest BCUT2D eigenvalue weighted by molar-refractivity contribution is -0.139. The number of nitrogens with two attached hydrogens (primary N) is 3. The van der Waals surface area contributed by atoms with Crippen LogP contribution in [0.5, 0.6) is 0 Å². The minimum Gasteiger partial charge on any atom is -0.480 e. The zero-order valence-electron chi connectivity index (χ0n) is 8.55. The molecule has 11 nitrogen and oxygen atoms in total. The van der Waals surface area contributed by atoms with Gasteiger partial charge in [0.25, 0.3) is 0 Å². The van der Waals surface area contributed by atoms with E-state index in [2.05, 4.69) is 9.99 Å². The Morgan fingerprint density at radius 1 is 1.35 bits per heavy atom. The summed E-state index contributed by atoms with van der Waals surface area (Å²) in [5.74, 6) is -1.29. The molecular formula is C5H14N4O7S. The molecule has 0 saturated carbocycles. The van der Waals surface area contributed by atoms with Crippen LogP contribution in [0.15, 0.2) is 5.16 Å². The van der Waals surface area contributed by atoms with Crippen molar-refractivity contribution in [2.45, 2.75) is 12.5 Å². The number of guanidine groups is 1. The SMILES string of the molecule is NC(N)=NOCC[C@@H](N)C(=O)O.O=S(=O)(O)O. The molecule has 0 saturated heterocycles. The van der Waals surface area contributed by atoms with E-state index in [1.54, 1.807) is 0 Å². The molecule has 0 aliphatic heterocycles. The summed E-state index contributed by atoms with van der Waals surface area (Å²) in [4.78, 5) is 14.7. The van der Waals surface area contributed by atoms with Crippen LogP contribution in [-0.2, 0) is 20.0 Å². The number of carboxylic acids is 1. The van der Waals surface area contributed by atoms with Crippen molar-refractivity contribution in [2.75, 3.05) is 6.61 Å². The lowest BCUT2D eigenvalue weighted by atomic mass is 10.2. The number of aliphatic carboxylic acids is 1. The molecule has 0 aliphatic carbocycles. The number of carboxylic acid groups (broad SMARTS) is 1. The standard InChI is InChI=1S/C5H12N4O3.H2O4S/c6-3(4(10)11)1-2-12-9-5(7)8;1-5(2,3)4/h3H,1-2,6H2,(H,10,11)(H4,7,8,9);(H2,1,2,3,4)/t3-;/m1./s1. The van der Waals surface area contributed by atoms with E-state index < -0.39 is 22.4 Å². The summed E-state index contributed by atoms with van der Waals surface area (Å²) < 4.78 is 31.6. The first-order valence-electron chi connectivity index (χ1n) is 3.93. The summed E-state index contributed by atoms with van der Waals surface area (Å²) in [6, 6.07) is -0.945. The quantitative estimate of drug-likeness (QED) is 0.101. The third-order valence-corrected chi connectivity index (χ3v) is 1.01. The second kappa shape index (κ2) is 8.51. The molecule has 0 unspecified atom stereocenters. The monoisotopic (exact) mass is 274 g/mol. The van der Waals surface area contributed by atoms with Crippen molar-refractivity contribution >= 4 is 22.3 Å². The van der Waals surface area contributed by atoms with E-state index in [1.165, 1.54) is 0 Å². The summed E-state index contributed by atoms with van der Waals surface area (Å²) in [6.45, 7) is 0.0748. The zero-order chi connectivity index (χ0) is 14.1. The fourth-order valence-electron chi connectivity index (χ4n) is 0.423. The highest BCUT2D eigenvalue weighted by Crippen LogP contribution is 1.89. The lowest BCUT2D eigenvalue weighted by Crippen LogP contribution is -2.31. The van der Waals surface area contributed by atoms with Gasteiger partial charge < -0.3 is 27.1 Å². The van der Waals surface area contributed by atoms with E-state index in [0.29, 0.717) is 0 Å². The molecule has 0 spiro atoms. The fourth-order valence-corrected chi connectivity index (χ4v) is 0.423. The topological polar surface area (TPSA) is 212 Å². The number of hydrogen-bond acceptors (Lipinski definition) is 6. The van der Waals surface area contributed by atoms with E-state index >= 15 is 0 Å². The normalized spacial score (nSPS) is 11.7. The minimum absolute atomic E-state index is 0.0748. The maximum atomic E-state index is 10.2. The zero-order valence-corrected chi connectivity index (χ0v) is 9.37. The molecule has 0 fully saturated rings. The van der Waals surface area contributed by atoms with Crippen molar-refractivity contribution in [3.05, 3.63) is 0 Å². The smallest absolute Gasteiger partial charge is 0.394 e. The van der Waals surface area contributed by atoms with Gasteiger partial charge in [-0.25, -0.2) is 0 Å². The molecule has 0 aromatic rings. The second-order valence-electron chi connectivity index (χ2n) is 2.53. The van der Waals surface area contributed by atoms with E-state index in [-0.39, 0.29) is 19.0 Å². The Hall–Kier alpha value is -1.63. The number of carbonyl (C=O) groups is 1. The van der Waals surface area contributed by atoms with Gasteiger partial charge in [-0.3, -0.25) is 13.9 Å². The fraction of sp³-hybridized carbons (Fsp3) is 0.600. The predicted molar refractivity (Wildman–Crippen MR) is 56.2 cm³/mol. The van der Waals surface area contributed by atoms with Gasteiger partial charge >= 0.3 is 16.4 Å². The lowest BCUT2D eigenvalue weighted by Gasteiger charge is -2.03. The van der Waals surface area contributed by atoms with Crippen LogP contribution in [0.3, 0.4) is 0 Å². The van der Waals surface area contributed by atoms with Gasteiger partial charge in [0.05, 0.1) is 0 Å². The van der Waals surface area contributed by atoms with Crippen LogP contribution in [0.4, 0.5) is 0 Å². The van der Waals surface area contributed by atoms with Gasteiger partial charge in [0.2, 0.25) is 5.96 Å². The molecule has 17 heavy (non-hydrogen) atoms. The molecule has 102 valence electrons. The first-order valence-corrected chi connectivity index (χ1v) is 5.33. The number of rotatable bonds is 5. The maximum Gasteiger partial charge on any atom is 0.394 e. The van der Waals surface area contributed by atoms with E-state index in [9.17, 15) is 4.79 Å². The largest absolute Gasteiger partial charge is 0.480 e. The molecular weight excluding hydrogens is 260 g/mol. The molecule has 0 heterocycles. The van der Waals surface area contributed by atoms with Crippen LogP contribution < -0.4 is 17.2 Å². The Labute approximate surface area is 96.8 Å².